The van der Waals surface area contributed by atoms with Gasteiger partial charge in [0, 0.05) is 44.0 Å². The number of methoxy groups -OCH3 is 1. The number of rotatable bonds is 7. The Labute approximate surface area is 203 Å². The topological polar surface area (TPSA) is 79.0 Å². The van der Waals surface area contributed by atoms with E-state index in [0.29, 0.717) is 18.8 Å². The maximum Gasteiger partial charge on any atom is 0.416 e. The number of nitrogens with one attached hydrogen (secondary N) is 1. The van der Waals surface area contributed by atoms with Crippen molar-refractivity contribution in [1.29, 1.82) is 0 Å². The van der Waals surface area contributed by atoms with Crippen molar-refractivity contribution in [2.45, 2.75) is 12.4 Å². The Kier molecular flexibility index (Phi) is 8.08. The minimum atomic E-state index is -5.10. The molecule has 14 heteroatoms. The molecule has 0 saturated carbocycles. The van der Waals surface area contributed by atoms with E-state index in [0.717, 1.165) is 5.69 Å². The van der Waals surface area contributed by atoms with E-state index in [1.807, 2.05) is 17.0 Å². The second kappa shape index (κ2) is 10.5. The van der Waals surface area contributed by atoms with E-state index in [4.69, 9.17) is 4.74 Å². The fraction of sp³-hybridized carbons (Fsp3) is 0.409. The van der Waals surface area contributed by atoms with Gasteiger partial charge in [0.1, 0.15) is 5.75 Å². The number of ether oxygens (including phenoxy) is 1. The highest BCUT2D eigenvalue weighted by atomic mass is 32.2. The van der Waals surface area contributed by atoms with Gasteiger partial charge < -0.3 is 15.0 Å². The molecule has 0 radical (unpaired) electrons. The van der Waals surface area contributed by atoms with Crippen molar-refractivity contribution in [3.8, 4) is 5.75 Å². The van der Waals surface area contributed by atoms with Crippen molar-refractivity contribution in [2.24, 2.45) is 0 Å². The lowest BCUT2D eigenvalue weighted by Crippen LogP contribution is -2.50. The van der Waals surface area contributed by atoms with Crippen LogP contribution in [0.25, 0.3) is 0 Å². The van der Waals surface area contributed by atoms with Gasteiger partial charge in [-0.2, -0.15) is 30.6 Å². The number of nitrogens with zero attached hydrogens (tertiary/aromatic N) is 2. The predicted octanol–water partition coefficient (Wildman–Crippen LogP) is 3.61. The number of alkyl halides is 6. The van der Waals surface area contributed by atoms with Gasteiger partial charge in [-0.3, -0.25) is 4.79 Å². The molecule has 1 aliphatic heterocycles. The number of benzene rings is 2. The zero-order valence-electron chi connectivity index (χ0n) is 19.0. The Balaban J connectivity index is 1.58. The number of amides is 1. The van der Waals surface area contributed by atoms with E-state index in [9.17, 15) is 39.6 Å². The lowest BCUT2D eigenvalue weighted by Gasteiger charge is -2.35. The second-order valence-corrected chi connectivity index (χ2v) is 10.0. The van der Waals surface area contributed by atoms with Crippen LogP contribution in [-0.2, 0) is 22.4 Å². The average molecular weight is 539 g/mol. The summed E-state index contributed by atoms with van der Waals surface area (Å²) in [6, 6.07) is 7.74. The molecule has 1 N–H and O–H groups in total. The van der Waals surface area contributed by atoms with Crippen molar-refractivity contribution in [1.82, 2.24) is 9.62 Å². The molecule has 36 heavy (non-hydrogen) atoms. The Morgan fingerprint density at radius 2 is 1.44 bits per heavy atom. The summed E-state index contributed by atoms with van der Waals surface area (Å²) in [6.45, 7) is 0.665. The van der Waals surface area contributed by atoms with Gasteiger partial charge in [0.05, 0.1) is 24.0 Å². The maximum absolute atomic E-state index is 13.0. The third-order valence-electron chi connectivity index (χ3n) is 5.57. The number of sulfonamides is 1. The molecule has 0 spiro atoms. The summed E-state index contributed by atoms with van der Waals surface area (Å²) in [4.78, 5) is 14.2. The lowest BCUT2D eigenvalue weighted by atomic mass is 10.0. The molecule has 198 valence electrons. The zero-order valence-corrected chi connectivity index (χ0v) is 19.8. The van der Waals surface area contributed by atoms with E-state index in [-0.39, 0.29) is 31.3 Å². The Morgan fingerprint density at radius 3 is 1.92 bits per heavy atom. The van der Waals surface area contributed by atoms with Crippen molar-refractivity contribution in [2.75, 3.05) is 50.5 Å². The fourth-order valence-electron chi connectivity index (χ4n) is 3.63. The van der Waals surface area contributed by atoms with Crippen LogP contribution in [-0.4, -0.2) is 64.2 Å². The van der Waals surface area contributed by atoms with Crippen LogP contribution < -0.4 is 15.0 Å². The highest BCUT2D eigenvalue weighted by molar-refractivity contribution is 7.89. The molecule has 0 atom stereocenters. The summed E-state index contributed by atoms with van der Waals surface area (Å²) < 4.78 is 110. The van der Waals surface area contributed by atoms with Gasteiger partial charge in [-0.1, -0.05) is 0 Å². The van der Waals surface area contributed by atoms with E-state index >= 15 is 0 Å². The summed E-state index contributed by atoms with van der Waals surface area (Å²) in [5, 5.41) is 2.10. The lowest BCUT2D eigenvalue weighted by molar-refractivity contribution is -0.143. The van der Waals surface area contributed by atoms with Gasteiger partial charge in [-0.15, -0.1) is 0 Å². The number of hydrogen-bond donors (Lipinski definition) is 1. The minimum Gasteiger partial charge on any atom is -0.497 e. The van der Waals surface area contributed by atoms with E-state index in [1.54, 1.807) is 19.2 Å². The SMILES string of the molecule is COc1ccc(N2CCN(S(=O)(=O)CCNC(=O)c3cc(C(F)(F)F)cc(C(F)(F)F)c3)CC2)cc1. The van der Waals surface area contributed by atoms with E-state index < -0.39 is 57.3 Å². The van der Waals surface area contributed by atoms with Crippen LogP contribution in [0.1, 0.15) is 21.5 Å². The Bertz CT molecular complexity index is 1140. The molecule has 0 aromatic heterocycles. The van der Waals surface area contributed by atoms with E-state index in [1.165, 1.54) is 4.31 Å². The van der Waals surface area contributed by atoms with Gasteiger partial charge in [0.2, 0.25) is 10.0 Å². The van der Waals surface area contributed by atoms with Crippen LogP contribution in [0, 0.1) is 0 Å². The smallest absolute Gasteiger partial charge is 0.416 e. The molecule has 2 aromatic rings. The van der Waals surface area contributed by atoms with Crippen LogP contribution in [0.5, 0.6) is 5.75 Å². The molecular formula is C22H23F6N3O4S. The summed E-state index contributed by atoms with van der Waals surface area (Å²) in [5.41, 5.74) is -3.25. The summed E-state index contributed by atoms with van der Waals surface area (Å²) >= 11 is 0. The van der Waals surface area contributed by atoms with Crippen LogP contribution >= 0.6 is 0 Å². The van der Waals surface area contributed by atoms with Crippen LogP contribution in [0.2, 0.25) is 0 Å². The number of hydrogen-bond acceptors (Lipinski definition) is 5. The zero-order chi connectivity index (χ0) is 26.7. The van der Waals surface area contributed by atoms with Crippen molar-refractivity contribution in [3.63, 3.8) is 0 Å². The largest absolute Gasteiger partial charge is 0.497 e. The first kappa shape index (κ1) is 27.6. The minimum absolute atomic E-state index is 0.0905. The Morgan fingerprint density at radius 1 is 0.917 bits per heavy atom. The number of piperazine rings is 1. The molecular weight excluding hydrogens is 516 g/mol. The molecule has 1 aliphatic rings. The number of anilines is 1. The standard InChI is InChI=1S/C22H23F6N3O4S/c1-35-19-4-2-18(3-5-19)30-7-9-31(10-8-30)36(33,34)11-6-29-20(32)15-12-16(21(23,24)25)14-17(13-15)22(26,27)28/h2-5,12-14H,6-11H2,1H3,(H,29,32). The normalized spacial score (nSPS) is 15.6. The third kappa shape index (κ3) is 6.81. The highest BCUT2D eigenvalue weighted by Gasteiger charge is 2.37. The van der Waals surface area contributed by atoms with E-state index in [2.05, 4.69) is 5.32 Å². The molecule has 1 heterocycles. The second-order valence-electron chi connectivity index (χ2n) is 7.95. The van der Waals surface area contributed by atoms with Crippen LogP contribution in [0.15, 0.2) is 42.5 Å². The van der Waals surface area contributed by atoms with Gasteiger partial charge >= 0.3 is 12.4 Å². The summed E-state index contributed by atoms with van der Waals surface area (Å²) in [7, 11) is -2.29. The first-order valence-electron chi connectivity index (χ1n) is 10.7. The van der Waals surface area contributed by atoms with Gasteiger partial charge in [0.15, 0.2) is 0 Å². The van der Waals surface area contributed by atoms with Crippen molar-refractivity contribution in [3.05, 3.63) is 59.2 Å². The van der Waals surface area contributed by atoms with Gasteiger partial charge in [-0.05, 0) is 42.5 Å². The quantitative estimate of drug-likeness (QED) is 0.544. The predicted molar refractivity (Wildman–Crippen MR) is 119 cm³/mol. The Hall–Kier alpha value is -3.00. The number of halogens is 6. The number of carbonyl (C=O) groups excluding carboxylic acids is 1. The first-order chi connectivity index (χ1) is 16.7. The summed E-state index contributed by atoms with van der Waals surface area (Å²) in [6.07, 6.45) is -10.2. The molecule has 1 amide bonds. The highest BCUT2D eigenvalue weighted by Crippen LogP contribution is 2.36. The third-order valence-corrected chi connectivity index (χ3v) is 7.44. The van der Waals surface area contributed by atoms with Crippen molar-refractivity contribution < 1.29 is 44.3 Å². The summed E-state index contributed by atoms with van der Waals surface area (Å²) in [5.74, 6) is -1.13. The maximum atomic E-state index is 13.0. The molecule has 7 nitrogen and oxygen atoms in total. The van der Waals surface area contributed by atoms with Gasteiger partial charge in [0.25, 0.3) is 5.91 Å². The number of carbonyl (C=O) groups is 1. The molecule has 0 aliphatic carbocycles. The van der Waals surface area contributed by atoms with Crippen molar-refractivity contribution >= 4 is 21.6 Å². The monoisotopic (exact) mass is 539 g/mol. The first-order valence-corrected chi connectivity index (χ1v) is 12.3. The van der Waals surface area contributed by atoms with Crippen LogP contribution in [0.4, 0.5) is 32.0 Å². The van der Waals surface area contributed by atoms with Gasteiger partial charge in [-0.25, -0.2) is 8.42 Å². The fourth-order valence-corrected chi connectivity index (χ4v) is 4.97. The molecule has 1 saturated heterocycles. The molecule has 0 unspecified atom stereocenters. The molecule has 2 aromatic carbocycles. The average Bonchev–Trinajstić information content (AvgIpc) is 2.82. The molecule has 3 rings (SSSR count). The van der Waals surface area contributed by atoms with Crippen LogP contribution in [0.3, 0.4) is 0 Å². The molecule has 1 fully saturated rings. The molecule has 0 bridgehead atoms.